The van der Waals surface area contributed by atoms with Crippen molar-refractivity contribution in [2.24, 2.45) is 5.14 Å². The number of nitrogens with zero attached hydrogens (tertiary/aromatic N) is 2. The standard InChI is InChI=1S/C22H20N4O4S2/c23-31(27,28)20-13-11-19(12-14-20)25-32(29,30)21-16-26(15-17-7-3-1-4-8-17)24-22(21)18-9-5-2-6-10-18/h1-14,16,25H,15H2,(H2,23,27,28). The van der Waals surface area contributed by atoms with Crippen LogP contribution >= 0.6 is 0 Å². The molecule has 3 aromatic carbocycles. The second kappa shape index (κ2) is 8.58. The van der Waals surface area contributed by atoms with Crippen LogP contribution in [0.25, 0.3) is 11.3 Å². The van der Waals surface area contributed by atoms with Gasteiger partial charge >= 0.3 is 0 Å². The van der Waals surface area contributed by atoms with Gasteiger partial charge in [-0.1, -0.05) is 60.7 Å². The molecule has 0 saturated heterocycles. The summed E-state index contributed by atoms with van der Waals surface area (Å²) in [6, 6.07) is 23.8. The zero-order valence-electron chi connectivity index (χ0n) is 16.8. The molecule has 0 aliphatic rings. The third-order valence-corrected chi connectivity index (χ3v) is 7.00. The summed E-state index contributed by atoms with van der Waals surface area (Å²) >= 11 is 0. The molecule has 0 radical (unpaired) electrons. The quantitative estimate of drug-likeness (QED) is 0.431. The number of nitrogens with one attached hydrogen (secondary N) is 1. The van der Waals surface area contributed by atoms with E-state index in [0.29, 0.717) is 17.8 Å². The molecule has 8 nitrogen and oxygen atoms in total. The third kappa shape index (κ3) is 4.88. The van der Waals surface area contributed by atoms with Crippen LogP contribution in [0.2, 0.25) is 0 Å². The zero-order valence-corrected chi connectivity index (χ0v) is 18.4. The van der Waals surface area contributed by atoms with Gasteiger partial charge in [-0.15, -0.1) is 0 Å². The van der Waals surface area contributed by atoms with Gasteiger partial charge in [-0.2, -0.15) is 5.10 Å². The van der Waals surface area contributed by atoms with Crippen molar-refractivity contribution in [3.8, 4) is 11.3 Å². The first-order valence-electron chi connectivity index (χ1n) is 9.55. The van der Waals surface area contributed by atoms with Gasteiger partial charge in [0.25, 0.3) is 10.0 Å². The zero-order chi connectivity index (χ0) is 22.8. The lowest BCUT2D eigenvalue weighted by molar-refractivity contribution is 0.597. The van der Waals surface area contributed by atoms with Gasteiger partial charge in [-0.3, -0.25) is 9.40 Å². The number of nitrogens with two attached hydrogens (primary N) is 1. The van der Waals surface area contributed by atoms with E-state index < -0.39 is 20.0 Å². The Hall–Kier alpha value is -3.47. The Labute approximate surface area is 186 Å². The average Bonchev–Trinajstić information content (AvgIpc) is 3.19. The first-order valence-corrected chi connectivity index (χ1v) is 12.6. The SMILES string of the molecule is NS(=O)(=O)c1ccc(NS(=O)(=O)c2cn(Cc3ccccc3)nc2-c2ccccc2)cc1. The highest BCUT2D eigenvalue weighted by Gasteiger charge is 2.24. The Morgan fingerprint density at radius 3 is 2.00 bits per heavy atom. The van der Waals surface area contributed by atoms with E-state index in [4.69, 9.17) is 5.14 Å². The molecule has 32 heavy (non-hydrogen) atoms. The van der Waals surface area contributed by atoms with Crippen molar-refractivity contribution in [3.63, 3.8) is 0 Å². The molecule has 164 valence electrons. The maximum Gasteiger partial charge on any atom is 0.265 e. The van der Waals surface area contributed by atoms with E-state index in [1.165, 1.54) is 30.5 Å². The summed E-state index contributed by atoms with van der Waals surface area (Å²) in [4.78, 5) is -0.101. The molecule has 0 spiro atoms. The number of anilines is 1. The lowest BCUT2D eigenvalue weighted by Gasteiger charge is -2.08. The van der Waals surface area contributed by atoms with E-state index in [9.17, 15) is 16.8 Å². The van der Waals surface area contributed by atoms with Crippen LogP contribution in [0.1, 0.15) is 5.56 Å². The monoisotopic (exact) mass is 468 g/mol. The molecular formula is C22H20N4O4S2. The van der Waals surface area contributed by atoms with Crippen LogP contribution < -0.4 is 9.86 Å². The van der Waals surface area contributed by atoms with E-state index in [1.54, 1.807) is 28.9 Å². The van der Waals surface area contributed by atoms with Gasteiger partial charge in [0, 0.05) is 17.4 Å². The summed E-state index contributed by atoms with van der Waals surface area (Å²) < 4.78 is 53.4. The Balaban J connectivity index is 1.71. The molecule has 0 atom stereocenters. The fraction of sp³-hybridized carbons (Fsp3) is 0.0455. The number of rotatable bonds is 7. The van der Waals surface area contributed by atoms with E-state index in [0.717, 1.165) is 5.56 Å². The van der Waals surface area contributed by atoms with Crippen molar-refractivity contribution >= 4 is 25.7 Å². The molecule has 0 fully saturated rings. The molecule has 4 rings (SSSR count). The summed E-state index contributed by atoms with van der Waals surface area (Å²) in [5.41, 5.74) is 2.15. The molecule has 0 amide bonds. The minimum atomic E-state index is -4.03. The van der Waals surface area contributed by atoms with Gasteiger partial charge in [-0.05, 0) is 29.8 Å². The normalized spacial score (nSPS) is 11.9. The molecule has 0 bridgehead atoms. The summed E-state index contributed by atoms with van der Waals surface area (Å²) in [6.07, 6.45) is 1.48. The highest BCUT2D eigenvalue weighted by Crippen LogP contribution is 2.28. The largest absolute Gasteiger partial charge is 0.280 e. The predicted octanol–water partition coefficient (Wildman–Crippen LogP) is 3.05. The Bertz CT molecular complexity index is 1430. The first-order chi connectivity index (χ1) is 15.2. The second-order valence-corrected chi connectivity index (χ2v) is 10.3. The highest BCUT2D eigenvalue weighted by molar-refractivity contribution is 7.92. The Morgan fingerprint density at radius 2 is 1.41 bits per heavy atom. The molecular weight excluding hydrogens is 448 g/mol. The second-order valence-electron chi connectivity index (χ2n) is 7.07. The maximum absolute atomic E-state index is 13.2. The summed E-state index contributed by atoms with van der Waals surface area (Å²) in [5, 5.41) is 9.63. The fourth-order valence-electron chi connectivity index (χ4n) is 3.17. The Kier molecular flexibility index (Phi) is 5.83. The third-order valence-electron chi connectivity index (χ3n) is 4.69. The fourth-order valence-corrected chi connectivity index (χ4v) is 4.92. The molecule has 0 aliphatic heterocycles. The molecule has 0 unspecified atom stereocenters. The van der Waals surface area contributed by atoms with Crippen LogP contribution in [-0.2, 0) is 26.6 Å². The average molecular weight is 469 g/mol. The first kappa shape index (κ1) is 21.8. The smallest absolute Gasteiger partial charge is 0.265 e. The lowest BCUT2D eigenvalue weighted by Crippen LogP contribution is -2.14. The highest BCUT2D eigenvalue weighted by atomic mass is 32.2. The topological polar surface area (TPSA) is 124 Å². The van der Waals surface area contributed by atoms with E-state index in [2.05, 4.69) is 9.82 Å². The van der Waals surface area contributed by atoms with Gasteiger partial charge in [0.1, 0.15) is 10.6 Å². The molecule has 0 saturated carbocycles. The molecule has 4 aromatic rings. The predicted molar refractivity (Wildman–Crippen MR) is 122 cm³/mol. The number of benzene rings is 3. The van der Waals surface area contributed by atoms with Crippen LogP contribution in [0, 0.1) is 0 Å². The minimum Gasteiger partial charge on any atom is -0.280 e. The van der Waals surface area contributed by atoms with Gasteiger partial charge in [0.2, 0.25) is 10.0 Å². The molecule has 10 heteroatoms. The Morgan fingerprint density at radius 1 is 0.812 bits per heavy atom. The van der Waals surface area contributed by atoms with Crippen LogP contribution in [0.4, 0.5) is 5.69 Å². The van der Waals surface area contributed by atoms with Crippen LogP contribution in [0.3, 0.4) is 0 Å². The van der Waals surface area contributed by atoms with Crippen molar-refractivity contribution in [2.75, 3.05) is 4.72 Å². The molecule has 1 aromatic heterocycles. The van der Waals surface area contributed by atoms with Crippen molar-refractivity contribution in [1.82, 2.24) is 9.78 Å². The van der Waals surface area contributed by atoms with Crippen molar-refractivity contribution < 1.29 is 16.8 Å². The molecule has 0 aliphatic carbocycles. The van der Waals surface area contributed by atoms with Crippen LogP contribution in [0.5, 0.6) is 0 Å². The van der Waals surface area contributed by atoms with Gasteiger partial charge in [0.05, 0.1) is 11.4 Å². The van der Waals surface area contributed by atoms with Crippen LogP contribution in [0.15, 0.2) is 101 Å². The van der Waals surface area contributed by atoms with Gasteiger partial charge < -0.3 is 0 Å². The van der Waals surface area contributed by atoms with Crippen molar-refractivity contribution in [1.29, 1.82) is 0 Å². The minimum absolute atomic E-state index is 0.00940. The summed E-state index contributed by atoms with van der Waals surface area (Å²) in [7, 11) is -7.90. The number of hydrogen-bond donors (Lipinski definition) is 2. The van der Waals surface area contributed by atoms with E-state index >= 15 is 0 Å². The van der Waals surface area contributed by atoms with Gasteiger partial charge in [-0.25, -0.2) is 22.0 Å². The van der Waals surface area contributed by atoms with Crippen molar-refractivity contribution in [3.05, 3.63) is 96.7 Å². The lowest BCUT2D eigenvalue weighted by atomic mass is 10.2. The number of sulfonamides is 2. The molecule has 1 heterocycles. The number of hydrogen-bond acceptors (Lipinski definition) is 5. The summed E-state index contributed by atoms with van der Waals surface area (Å²) in [5.74, 6) is 0. The maximum atomic E-state index is 13.2. The molecule has 3 N–H and O–H groups in total. The number of aromatic nitrogens is 2. The van der Waals surface area contributed by atoms with E-state index in [1.807, 2.05) is 36.4 Å². The van der Waals surface area contributed by atoms with Crippen LogP contribution in [-0.4, -0.2) is 26.6 Å². The van der Waals surface area contributed by atoms with E-state index in [-0.39, 0.29) is 15.5 Å². The number of primary sulfonamides is 1. The van der Waals surface area contributed by atoms with Gasteiger partial charge in [0.15, 0.2) is 0 Å². The summed E-state index contributed by atoms with van der Waals surface area (Å²) in [6.45, 7) is 0.402. The van der Waals surface area contributed by atoms with Crippen molar-refractivity contribution in [2.45, 2.75) is 16.3 Å².